The van der Waals surface area contributed by atoms with E-state index in [2.05, 4.69) is 154 Å². The summed E-state index contributed by atoms with van der Waals surface area (Å²) in [4.78, 5) is 16.4. The normalized spacial score (nSPS) is 18.7. The average Bonchev–Trinajstić information content (AvgIpc) is 3.46. The Kier molecular flexibility index (Phi) is 9.94. The summed E-state index contributed by atoms with van der Waals surface area (Å²) < 4.78 is 0. The van der Waals surface area contributed by atoms with E-state index >= 15 is 0 Å². The second-order valence-electron chi connectivity index (χ2n) is 12.5. The van der Waals surface area contributed by atoms with Gasteiger partial charge < -0.3 is 29.4 Å². The van der Waals surface area contributed by atoms with Crippen molar-refractivity contribution in [3.63, 3.8) is 0 Å². The fourth-order valence-corrected chi connectivity index (χ4v) is 3.88. The molecule has 0 aromatic rings. The van der Waals surface area contributed by atoms with Crippen LogP contribution in [0.4, 0.5) is 0 Å². The second-order valence-corrected chi connectivity index (χ2v) is 12.5. The van der Waals surface area contributed by atoms with E-state index in [1.165, 1.54) is 0 Å². The minimum atomic E-state index is 0. The van der Waals surface area contributed by atoms with Crippen LogP contribution in [0.5, 0.6) is 0 Å². The van der Waals surface area contributed by atoms with Gasteiger partial charge in [-0.1, -0.05) is 0 Å². The molecule has 0 amide bonds. The van der Waals surface area contributed by atoms with Gasteiger partial charge in [0.25, 0.3) is 0 Å². The standard InChI is InChI=1S/C27H48N7.Cu/c1-25(2,3)32-19-16-29(22-32)13-10-28(11-14-30-17-20-33(23-30)26(4,5)6)12-15-31-18-21-34(24-31)27(7,8)9;/h16-24H,10-15H2,1-9H3;/q-3;+1. The topological polar surface area (TPSA) is 22.7 Å². The van der Waals surface area contributed by atoms with E-state index in [0.717, 1.165) is 39.3 Å². The van der Waals surface area contributed by atoms with Crippen LogP contribution in [0.3, 0.4) is 0 Å². The Morgan fingerprint density at radius 1 is 0.486 bits per heavy atom. The molecule has 0 unspecified atom stereocenters. The van der Waals surface area contributed by atoms with Gasteiger partial charge in [0.15, 0.2) is 0 Å². The van der Waals surface area contributed by atoms with E-state index < -0.39 is 0 Å². The monoisotopic (exact) mass is 533 g/mol. The van der Waals surface area contributed by atoms with Gasteiger partial charge in [0.2, 0.25) is 0 Å². The Hall–Kier alpha value is -1.50. The minimum Gasteiger partial charge on any atom is -0.507 e. The largest absolute Gasteiger partial charge is 1.00 e. The van der Waals surface area contributed by atoms with Gasteiger partial charge >= 0.3 is 17.1 Å². The van der Waals surface area contributed by atoms with E-state index in [1.807, 2.05) is 0 Å². The Labute approximate surface area is 226 Å². The second kappa shape index (κ2) is 11.7. The maximum Gasteiger partial charge on any atom is 1.00 e. The van der Waals surface area contributed by atoms with Crippen molar-refractivity contribution in [1.29, 1.82) is 0 Å². The molecule has 0 atom stereocenters. The van der Waals surface area contributed by atoms with Crippen LogP contribution in [0.2, 0.25) is 0 Å². The minimum absolute atomic E-state index is 0. The van der Waals surface area contributed by atoms with E-state index in [1.54, 1.807) is 0 Å². The zero-order valence-corrected chi connectivity index (χ0v) is 24.3. The Morgan fingerprint density at radius 3 is 0.943 bits per heavy atom. The maximum atomic E-state index is 2.59. The molecule has 7 nitrogen and oxygen atoms in total. The third-order valence-corrected chi connectivity index (χ3v) is 6.42. The molecule has 0 bridgehead atoms. The zero-order valence-electron chi connectivity index (χ0n) is 23.4. The van der Waals surface area contributed by atoms with Crippen molar-refractivity contribution in [3.05, 3.63) is 57.2 Å². The van der Waals surface area contributed by atoms with Crippen LogP contribution < -0.4 is 0 Å². The van der Waals surface area contributed by atoms with Crippen molar-refractivity contribution in [2.75, 3.05) is 39.3 Å². The van der Waals surface area contributed by atoms with Gasteiger partial charge in [0, 0.05) is 55.9 Å². The van der Waals surface area contributed by atoms with E-state index in [0.29, 0.717) is 0 Å². The van der Waals surface area contributed by atoms with Crippen molar-refractivity contribution in [1.82, 2.24) is 34.3 Å². The van der Waals surface area contributed by atoms with Crippen LogP contribution in [0.25, 0.3) is 0 Å². The summed E-state index contributed by atoms with van der Waals surface area (Å²) in [6, 6.07) is 0. The third-order valence-electron chi connectivity index (χ3n) is 6.42. The molecule has 0 radical (unpaired) electrons. The summed E-state index contributed by atoms with van der Waals surface area (Å²) in [5.41, 5.74) is 0.329. The zero-order chi connectivity index (χ0) is 25.1. The molecule has 3 rings (SSSR count). The van der Waals surface area contributed by atoms with Gasteiger partial charge in [-0.05, 0) is 99.5 Å². The van der Waals surface area contributed by atoms with Crippen molar-refractivity contribution in [2.45, 2.75) is 78.9 Å². The van der Waals surface area contributed by atoms with Crippen LogP contribution in [-0.2, 0) is 17.1 Å². The quantitative estimate of drug-likeness (QED) is 0.321. The number of nitrogens with zero attached hydrogens (tertiary/aromatic N) is 7. The molecule has 0 fully saturated rings. The van der Waals surface area contributed by atoms with Gasteiger partial charge in [-0.3, -0.25) is 4.90 Å². The van der Waals surface area contributed by atoms with Crippen LogP contribution in [0.15, 0.2) is 37.2 Å². The molecule has 8 heteroatoms. The number of rotatable bonds is 9. The Balaban J connectivity index is 0.00000432. The van der Waals surface area contributed by atoms with Crippen LogP contribution in [0.1, 0.15) is 62.3 Å². The first kappa shape index (κ1) is 29.7. The Morgan fingerprint density at radius 2 is 0.743 bits per heavy atom. The van der Waals surface area contributed by atoms with Gasteiger partial charge in [-0.25, -0.2) is 0 Å². The smallest absolute Gasteiger partial charge is 0.507 e. The first-order valence-corrected chi connectivity index (χ1v) is 12.7. The molecular weight excluding hydrogens is 486 g/mol. The molecule has 3 aliphatic heterocycles. The van der Waals surface area contributed by atoms with E-state index in [4.69, 9.17) is 0 Å². The van der Waals surface area contributed by atoms with Gasteiger partial charge in [0.05, 0.1) is 0 Å². The fourth-order valence-electron chi connectivity index (χ4n) is 3.88. The first-order chi connectivity index (χ1) is 15.7. The molecule has 35 heavy (non-hydrogen) atoms. The molecule has 0 aliphatic carbocycles. The molecule has 0 aromatic heterocycles. The molecular formula is C27H48CuN7-2. The fraction of sp³-hybridized carbons (Fsp3) is 0.667. The predicted molar refractivity (Wildman–Crippen MR) is 142 cm³/mol. The Bertz CT molecular complexity index is 644. The molecule has 0 saturated heterocycles. The summed E-state index contributed by atoms with van der Waals surface area (Å²) in [6.07, 6.45) is 13.1. The van der Waals surface area contributed by atoms with Gasteiger partial charge in [-0.15, -0.1) is 0 Å². The van der Waals surface area contributed by atoms with Crippen LogP contribution >= 0.6 is 0 Å². The summed E-state index contributed by atoms with van der Waals surface area (Å²) in [5, 5.41) is 0. The van der Waals surface area contributed by atoms with Crippen molar-refractivity contribution < 1.29 is 17.1 Å². The molecule has 0 saturated carbocycles. The maximum absolute atomic E-state index is 2.59. The molecule has 3 heterocycles. The first-order valence-electron chi connectivity index (χ1n) is 12.7. The molecule has 204 valence electrons. The van der Waals surface area contributed by atoms with E-state index in [9.17, 15) is 0 Å². The SMILES string of the molecule is CC(C)(C)N1C=CN(CCN(CCN2C=CN(C(C)(C)C)[CH-]2)CCN2C=CN(C(C)(C)C)[CH-]2)[CH-]1.[Cu+]. The average molecular weight is 534 g/mol. The predicted octanol–water partition coefficient (Wildman–Crippen LogP) is 4.31. The molecule has 0 aromatic carbocycles. The van der Waals surface area contributed by atoms with Crippen molar-refractivity contribution in [3.8, 4) is 0 Å². The van der Waals surface area contributed by atoms with Crippen molar-refractivity contribution >= 4 is 0 Å². The van der Waals surface area contributed by atoms with Gasteiger partial charge in [-0.2, -0.15) is 20.0 Å². The van der Waals surface area contributed by atoms with Crippen LogP contribution in [-0.4, -0.2) is 90.2 Å². The van der Waals surface area contributed by atoms with Crippen molar-refractivity contribution in [2.24, 2.45) is 0 Å². The third kappa shape index (κ3) is 8.83. The number of hydrogen-bond acceptors (Lipinski definition) is 7. The van der Waals surface area contributed by atoms with Gasteiger partial charge in [0.1, 0.15) is 0 Å². The summed E-state index contributed by atoms with van der Waals surface area (Å²) >= 11 is 0. The number of hydrogen-bond donors (Lipinski definition) is 0. The summed E-state index contributed by atoms with van der Waals surface area (Å²) in [7, 11) is 0. The summed E-state index contributed by atoms with van der Waals surface area (Å²) in [6.45, 7) is 32.9. The molecule has 3 aliphatic rings. The molecule has 0 N–H and O–H groups in total. The summed E-state index contributed by atoms with van der Waals surface area (Å²) in [5.74, 6) is 0. The van der Waals surface area contributed by atoms with E-state index in [-0.39, 0.29) is 33.7 Å². The van der Waals surface area contributed by atoms with Crippen LogP contribution in [0, 0.1) is 20.0 Å². The molecule has 0 spiro atoms.